The quantitative estimate of drug-likeness (QED) is 0.103. The average molecular weight is 917 g/mol. The molecular formula is C46H72N6O13. The molecule has 5 rings (SSSR count). The first-order chi connectivity index (χ1) is 30.7. The van der Waals surface area contributed by atoms with Gasteiger partial charge in [0.2, 0.25) is 6.29 Å². The Labute approximate surface area is 382 Å². The lowest BCUT2D eigenvalue weighted by atomic mass is 9.74. The van der Waals surface area contributed by atoms with Gasteiger partial charge in [-0.15, -0.1) is 5.10 Å². The molecule has 4 heterocycles. The van der Waals surface area contributed by atoms with Crippen molar-refractivity contribution in [3.8, 4) is 0 Å². The summed E-state index contributed by atoms with van der Waals surface area (Å²) in [5.41, 5.74) is -1.10. The highest BCUT2D eigenvalue weighted by atomic mass is 16.8. The summed E-state index contributed by atoms with van der Waals surface area (Å²) < 4.78 is 32.8. The lowest BCUT2D eigenvalue weighted by Crippen LogP contribution is -2.60. The smallest absolute Gasteiger partial charge is 0.316 e. The molecule has 1 unspecified atom stereocenters. The minimum Gasteiger partial charge on any atom is -0.459 e. The molecule has 0 saturated carbocycles. The number of benzene rings is 1. The van der Waals surface area contributed by atoms with E-state index in [1.807, 2.05) is 32.0 Å². The van der Waals surface area contributed by atoms with Crippen LogP contribution in [-0.2, 0) is 57.5 Å². The molecule has 3 N–H and O–H groups in total. The predicted molar refractivity (Wildman–Crippen MR) is 237 cm³/mol. The number of esters is 1. The van der Waals surface area contributed by atoms with Crippen LogP contribution in [0.25, 0.3) is 0 Å². The number of rotatable bonds is 14. The molecule has 0 radical (unpaired) electrons. The first-order valence-electron chi connectivity index (χ1n) is 23.1. The lowest BCUT2D eigenvalue weighted by molar-refractivity contribution is -0.384. The van der Waals surface area contributed by atoms with Crippen molar-refractivity contribution < 1.29 is 58.4 Å². The van der Waals surface area contributed by atoms with E-state index in [1.54, 1.807) is 44.5 Å². The van der Waals surface area contributed by atoms with E-state index < -0.39 is 94.6 Å². The van der Waals surface area contributed by atoms with Gasteiger partial charge in [-0.3, -0.25) is 24.4 Å². The van der Waals surface area contributed by atoms with Gasteiger partial charge in [0.15, 0.2) is 12.1 Å². The van der Waals surface area contributed by atoms with Gasteiger partial charge in [-0.1, -0.05) is 50.2 Å². The Balaban J connectivity index is 1.37. The van der Waals surface area contributed by atoms with Gasteiger partial charge in [-0.2, -0.15) is 0 Å². The number of nitrogens with zero attached hydrogens (tertiary/aromatic N) is 6. The van der Waals surface area contributed by atoms with Gasteiger partial charge in [0.1, 0.15) is 23.7 Å². The summed E-state index contributed by atoms with van der Waals surface area (Å²) >= 11 is 0. The minimum absolute atomic E-state index is 0.0382. The molecule has 19 heteroatoms. The number of hydrogen-bond donors (Lipinski definition) is 3. The Morgan fingerprint density at radius 3 is 2.40 bits per heavy atom. The summed E-state index contributed by atoms with van der Waals surface area (Å²) in [5.74, 6) is -4.97. The third kappa shape index (κ3) is 12.7. The van der Waals surface area contributed by atoms with Gasteiger partial charge in [0, 0.05) is 75.2 Å². The normalized spacial score (nSPS) is 36.3. The van der Waals surface area contributed by atoms with Crippen molar-refractivity contribution >= 4 is 23.2 Å². The van der Waals surface area contributed by atoms with E-state index in [1.165, 1.54) is 33.1 Å². The number of likely N-dealkylation sites (N-methyl/N-ethyl adjacent to an activating group) is 1. The molecule has 3 aliphatic heterocycles. The molecule has 3 fully saturated rings. The van der Waals surface area contributed by atoms with Crippen molar-refractivity contribution in [3.63, 3.8) is 0 Å². The fraction of sp³-hybridized carbons (Fsp3) is 0.761. The van der Waals surface area contributed by atoms with Crippen LogP contribution < -0.4 is 0 Å². The molecule has 0 bridgehead atoms. The van der Waals surface area contributed by atoms with E-state index >= 15 is 0 Å². The van der Waals surface area contributed by atoms with Crippen molar-refractivity contribution in [3.05, 3.63) is 51.8 Å². The number of aliphatic hydroxyl groups excluding tert-OH is 2. The maximum absolute atomic E-state index is 14.4. The number of aromatic nitrogens is 3. The number of methoxy groups -OCH3 is 1. The molecular weight excluding hydrogens is 845 g/mol. The monoisotopic (exact) mass is 917 g/mol. The molecule has 2 aromatic rings. The first kappa shape index (κ1) is 52.0. The fourth-order valence-electron chi connectivity index (χ4n) is 9.50. The third-order valence-electron chi connectivity index (χ3n) is 13.7. The second-order valence-corrected chi connectivity index (χ2v) is 18.8. The molecule has 1 aromatic carbocycles. The summed E-state index contributed by atoms with van der Waals surface area (Å²) in [5, 5.41) is 59.9. The number of oxime groups is 1. The van der Waals surface area contributed by atoms with Crippen LogP contribution in [0.2, 0.25) is 0 Å². The van der Waals surface area contributed by atoms with Gasteiger partial charge < -0.3 is 48.7 Å². The van der Waals surface area contributed by atoms with Crippen LogP contribution in [0.4, 0.5) is 5.69 Å². The van der Waals surface area contributed by atoms with E-state index in [4.69, 9.17) is 28.5 Å². The summed E-state index contributed by atoms with van der Waals surface area (Å²) in [6, 6.07) is 6.00. The number of nitro groups is 1. The van der Waals surface area contributed by atoms with Gasteiger partial charge in [0.25, 0.3) is 5.69 Å². The molecule has 3 saturated heterocycles. The zero-order valence-electron chi connectivity index (χ0n) is 39.7. The summed E-state index contributed by atoms with van der Waals surface area (Å²) in [6.07, 6.45) is -0.830. The summed E-state index contributed by atoms with van der Waals surface area (Å²) in [6.45, 7) is 15.1. The number of ketones is 1. The van der Waals surface area contributed by atoms with Crippen LogP contribution in [-0.4, -0.2) is 145 Å². The van der Waals surface area contributed by atoms with E-state index in [2.05, 4.69) is 15.5 Å². The highest BCUT2D eigenvalue weighted by Crippen LogP contribution is 2.39. The van der Waals surface area contributed by atoms with Gasteiger partial charge >= 0.3 is 5.97 Å². The van der Waals surface area contributed by atoms with Crippen molar-refractivity contribution in [2.75, 3.05) is 27.3 Å². The summed E-state index contributed by atoms with van der Waals surface area (Å²) in [4.78, 5) is 46.7. The number of aliphatic hydroxyl groups is 3. The fourth-order valence-corrected chi connectivity index (χ4v) is 9.50. The van der Waals surface area contributed by atoms with Gasteiger partial charge in [-0.05, 0) is 78.8 Å². The second-order valence-electron chi connectivity index (χ2n) is 18.8. The van der Waals surface area contributed by atoms with E-state index in [0.717, 1.165) is 24.1 Å². The highest BCUT2D eigenvalue weighted by molar-refractivity contribution is 6.00. The topological polar surface area (TPSA) is 240 Å². The van der Waals surface area contributed by atoms with Crippen LogP contribution in [0.5, 0.6) is 0 Å². The van der Waals surface area contributed by atoms with E-state index in [0.29, 0.717) is 51.1 Å². The number of carbonyl (C=O) groups is 2. The largest absolute Gasteiger partial charge is 0.459 e. The second kappa shape index (κ2) is 22.7. The average Bonchev–Trinajstić information content (AvgIpc) is 3.75. The number of aryl methyl sites for hydroxylation is 2. The van der Waals surface area contributed by atoms with E-state index in [-0.39, 0.29) is 24.6 Å². The maximum Gasteiger partial charge on any atom is 0.316 e. The molecule has 0 amide bonds. The minimum atomic E-state index is -1.94. The zero-order valence-corrected chi connectivity index (χ0v) is 39.7. The van der Waals surface area contributed by atoms with Gasteiger partial charge in [0.05, 0.1) is 46.8 Å². The molecule has 19 nitrogen and oxygen atoms in total. The van der Waals surface area contributed by atoms with Crippen LogP contribution in [0.1, 0.15) is 105 Å². The zero-order chi connectivity index (χ0) is 47.8. The van der Waals surface area contributed by atoms with Crippen molar-refractivity contribution in [2.45, 2.75) is 174 Å². The number of cyclic esters (lactones) is 1. The standard InChI is InChI=1S/C46H72N6O13/c1-11-36-46(8,57)41(55)29(4)38(48-65-37-14-12-13-23-61-37)27(2)25-45(7,60-10)42(30(5)39(53)31(6)43(56)63-36)64-44-40(54)35(24-28(3)62-44)50(9)21-20-33-26-51(49-47-33)22-19-32-15-17-34(18-16-32)52(58)59/h15-18,26-31,35-37,40-42,44,54-55,57H,11-14,19-25H2,1-10H3/t27-,28-,29+,30+,31-,35+,36-,37?,40-,41-,42-,44+,45-,46-/m1/s1. The SMILES string of the molecule is CC[C@H]1OC(=O)[C@H](C)C(=O)[C@H](C)[C@@H](O[C@@H]2O[C@H](C)C[C@H](N(C)CCc3cn(CCc4ccc([N+](=O)[O-])cc4)nn3)[C@H]2O)[C@](C)(OC)C[C@@H](C)C(=NOC2CCCCO2)[C@H](C)[C@@H](O)[C@]1(C)O. The van der Waals surface area contributed by atoms with Crippen LogP contribution in [0, 0.1) is 33.8 Å². The molecule has 14 atom stereocenters. The van der Waals surface area contributed by atoms with Crippen molar-refractivity contribution in [1.29, 1.82) is 0 Å². The maximum atomic E-state index is 14.4. The Morgan fingerprint density at radius 1 is 1.06 bits per heavy atom. The highest BCUT2D eigenvalue weighted by Gasteiger charge is 2.52. The molecule has 3 aliphatic rings. The van der Waals surface area contributed by atoms with Crippen LogP contribution in [0.3, 0.4) is 0 Å². The van der Waals surface area contributed by atoms with Crippen molar-refractivity contribution in [1.82, 2.24) is 19.9 Å². The Morgan fingerprint density at radius 2 is 1.77 bits per heavy atom. The van der Waals surface area contributed by atoms with Gasteiger partial charge in [-0.25, -0.2) is 0 Å². The third-order valence-corrected chi connectivity index (χ3v) is 13.7. The first-order valence-corrected chi connectivity index (χ1v) is 23.1. The van der Waals surface area contributed by atoms with Crippen LogP contribution in [0.15, 0.2) is 35.6 Å². The number of ether oxygens (including phenoxy) is 5. The number of carbonyl (C=O) groups excluding carboxylic acids is 2. The molecule has 0 spiro atoms. The van der Waals surface area contributed by atoms with E-state index in [9.17, 15) is 35.0 Å². The number of hydrogen-bond acceptors (Lipinski definition) is 17. The number of non-ortho nitro benzene ring substituents is 1. The molecule has 1 aromatic heterocycles. The van der Waals surface area contributed by atoms with Crippen LogP contribution >= 0.6 is 0 Å². The predicted octanol–water partition coefficient (Wildman–Crippen LogP) is 4.41. The Bertz CT molecular complexity index is 1910. The number of nitro benzene ring substituents is 1. The molecule has 65 heavy (non-hydrogen) atoms. The Hall–Kier alpha value is -3.95. The molecule has 364 valence electrons. The summed E-state index contributed by atoms with van der Waals surface area (Å²) in [7, 11) is 3.41. The van der Waals surface area contributed by atoms with Crippen molar-refractivity contribution in [2.24, 2.45) is 28.8 Å². The Kier molecular flexibility index (Phi) is 18.2. The number of Topliss-reactive ketones (excluding diaryl/α,β-unsaturated/α-hetero) is 1. The molecule has 0 aliphatic carbocycles. The lowest BCUT2D eigenvalue weighted by Gasteiger charge is -2.47.